The molecule has 1 aromatic carbocycles. The zero-order valence-electron chi connectivity index (χ0n) is 16.3. The zero-order valence-corrected chi connectivity index (χ0v) is 17.2. The molecule has 0 radical (unpaired) electrons. The maximum absolute atomic E-state index is 12.7. The van der Waals surface area contributed by atoms with Crippen LogP contribution >= 0.6 is 11.3 Å². The molecular formula is C20H19N3O7S. The number of phenolic OH excluding ortho intramolecular Hbond substituents is 1. The lowest BCUT2D eigenvalue weighted by Crippen LogP contribution is -2.46. The van der Waals surface area contributed by atoms with Gasteiger partial charge in [0.15, 0.2) is 0 Å². The number of nitrogens with zero attached hydrogens (tertiary/aromatic N) is 1. The smallest absolute Gasteiger partial charge is 0.338 e. The van der Waals surface area contributed by atoms with Crippen LogP contribution in [0.4, 0.5) is 5.00 Å². The molecule has 31 heavy (non-hydrogen) atoms. The van der Waals surface area contributed by atoms with Gasteiger partial charge in [-0.3, -0.25) is 19.3 Å². The molecule has 3 heterocycles. The summed E-state index contributed by atoms with van der Waals surface area (Å²) in [5.41, 5.74) is 0.678. The minimum absolute atomic E-state index is 0.00836. The number of anilines is 1. The summed E-state index contributed by atoms with van der Waals surface area (Å²) >= 11 is 1.18. The van der Waals surface area contributed by atoms with Crippen molar-refractivity contribution in [3.8, 4) is 5.75 Å². The third kappa shape index (κ3) is 3.51. The number of hydrogen-bond acceptors (Lipinski definition) is 8. The lowest BCUT2D eigenvalue weighted by atomic mass is 9.97. The number of aromatic hydroxyl groups is 1. The molecule has 5 N–H and O–H groups in total. The van der Waals surface area contributed by atoms with Crippen LogP contribution < -0.4 is 10.6 Å². The molecule has 2 aliphatic rings. The quantitative estimate of drug-likeness (QED) is 0.414. The van der Waals surface area contributed by atoms with Crippen LogP contribution in [0.25, 0.3) is 0 Å². The fourth-order valence-corrected chi connectivity index (χ4v) is 5.10. The van der Waals surface area contributed by atoms with Gasteiger partial charge in [0.05, 0.1) is 16.7 Å². The van der Waals surface area contributed by atoms with E-state index < -0.39 is 35.8 Å². The lowest BCUT2D eigenvalue weighted by Gasteiger charge is -2.27. The molecule has 11 heteroatoms. The van der Waals surface area contributed by atoms with Crippen molar-refractivity contribution in [2.45, 2.75) is 32.0 Å². The van der Waals surface area contributed by atoms with E-state index in [-0.39, 0.29) is 40.4 Å². The normalized spacial score (nSPS) is 18.5. The minimum Gasteiger partial charge on any atom is -0.507 e. The molecule has 0 saturated heterocycles. The summed E-state index contributed by atoms with van der Waals surface area (Å²) in [5.74, 6) is -3.64. The monoisotopic (exact) mass is 445 g/mol. The standard InChI is InChI=1S/C20H19N3O7S/c1-8(19(27)28)22-16-15(20(29)30)11-5-9(21-6-13(11)31-16)7-23-17(25)10-3-2-4-12(24)14(10)18(23)26/h2-4,8-9,21-22,24H,5-7H2,1H3,(H,27,28)(H,29,30). The number of nitrogens with one attached hydrogen (secondary N) is 2. The Morgan fingerprint density at radius 1 is 1.29 bits per heavy atom. The first-order chi connectivity index (χ1) is 14.7. The van der Waals surface area contributed by atoms with Crippen molar-refractivity contribution in [3.05, 3.63) is 45.3 Å². The van der Waals surface area contributed by atoms with Gasteiger partial charge >= 0.3 is 11.9 Å². The Bertz CT molecular complexity index is 1130. The molecule has 2 atom stereocenters. The molecule has 1 aromatic heterocycles. The van der Waals surface area contributed by atoms with Gasteiger partial charge in [-0.25, -0.2) is 4.79 Å². The van der Waals surface area contributed by atoms with E-state index in [1.54, 1.807) is 0 Å². The second-order valence-corrected chi connectivity index (χ2v) is 8.53. The summed E-state index contributed by atoms with van der Waals surface area (Å²) in [6.07, 6.45) is 0.246. The van der Waals surface area contributed by atoms with Gasteiger partial charge in [0, 0.05) is 24.0 Å². The van der Waals surface area contributed by atoms with Gasteiger partial charge in [0.25, 0.3) is 11.8 Å². The van der Waals surface area contributed by atoms with Gasteiger partial charge in [0.2, 0.25) is 0 Å². The molecular weight excluding hydrogens is 426 g/mol. The van der Waals surface area contributed by atoms with Crippen molar-refractivity contribution in [2.24, 2.45) is 0 Å². The summed E-state index contributed by atoms with van der Waals surface area (Å²) in [6.45, 7) is 1.75. The van der Waals surface area contributed by atoms with Crippen LogP contribution in [0.3, 0.4) is 0 Å². The second-order valence-electron chi connectivity index (χ2n) is 7.42. The largest absolute Gasteiger partial charge is 0.507 e. The number of thiophene rings is 1. The van der Waals surface area contributed by atoms with E-state index in [0.717, 1.165) is 9.78 Å². The SMILES string of the molecule is CC(Nc1sc2c(c1C(=O)O)CC(CN1C(=O)c3cccc(O)c3C1=O)NC2)C(=O)O. The molecule has 4 rings (SSSR count). The van der Waals surface area contributed by atoms with Crippen LogP contribution in [0.5, 0.6) is 5.75 Å². The van der Waals surface area contributed by atoms with Gasteiger partial charge in [-0.2, -0.15) is 0 Å². The van der Waals surface area contributed by atoms with Crippen molar-refractivity contribution < 1.29 is 34.5 Å². The first-order valence-electron chi connectivity index (χ1n) is 9.47. The van der Waals surface area contributed by atoms with Gasteiger partial charge in [-0.1, -0.05) is 6.07 Å². The number of hydrogen-bond donors (Lipinski definition) is 5. The molecule has 2 amide bonds. The highest BCUT2D eigenvalue weighted by molar-refractivity contribution is 7.16. The number of carboxylic acid groups (broad SMARTS) is 2. The molecule has 0 saturated carbocycles. The zero-order chi connectivity index (χ0) is 22.4. The Hall–Kier alpha value is -3.44. The van der Waals surface area contributed by atoms with Crippen LogP contribution in [-0.2, 0) is 17.8 Å². The summed E-state index contributed by atoms with van der Waals surface area (Å²) in [7, 11) is 0. The van der Waals surface area contributed by atoms with Gasteiger partial charge in [-0.05, 0) is 31.0 Å². The third-order valence-corrected chi connectivity index (χ3v) is 6.57. The van der Waals surface area contributed by atoms with E-state index in [1.165, 1.54) is 36.5 Å². The number of rotatable bonds is 6. The van der Waals surface area contributed by atoms with Gasteiger partial charge < -0.3 is 26.0 Å². The van der Waals surface area contributed by atoms with Gasteiger partial charge in [-0.15, -0.1) is 11.3 Å². The molecule has 2 aliphatic heterocycles. The average Bonchev–Trinajstić information content (AvgIpc) is 3.18. The Labute approximate surface area is 180 Å². The van der Waals surface area contributed by atoms with Crippen LogP contribution in [-0.4, -0.2) is 62.6 Å². The van der Waals surface area contributed by atoms with Crippen LogP contribution in [0, 0.1) is 0 Å². The first kappa shape index (κ1) is 20.8. The van der Waals surface area contributed by atoms with E-state index >= 15 is 0 Å². The highest BCUT2D eigenvalue weighted by atomic mass is 32.1. The van der Waals surface area contributed by atoms with Crippen molar-refractivity contribution in [2.75, 3.05) is 11.9 Å². The van der Waals surface area contributed by atoms with E-state index in [9.17, 15) is 29.4 Å². The molecule has 0 spiro atoms. The number of phenols is 1. The number of carbonyl (C=O) groups is 4. The number of imide groups is 1. The van der Waals surface area contributed by atoms with E-state index in [4.69, 9.17) is 5.11 Å². The number of benzene rings is 1. The number of carboxylic acids is 2. The number of amides is 2. The fourth-order valence-electron chi connectivity index (χ4n) is 3.84. The Balaban J connectivity index is 1.57. The van der Waals surface area contributed by atoms with Crippen molar-refractivity contribution in [1.29, 1.82) is 0 Å². The first-order valence-corrected chi connectivity index (χ1v) is 10.3. The molecule has 2 unspecified atom stereocenters. The second kappa shape index (κ2) is 7.67. The molecule has 10 nitrogen and oxygen atoms in total. The predicted molar refractivity (Wildman–Crippen MR) is 110 cm³/mol. The van der Waals surface area contributed by atoms with Crippen molar-refractivity contribution >= 4 is 40.1 Å². The van der Waals surface area contributed by atoms with Crippen LogP contribution in [0.1, 0.15) is 48.4 Å². The Kier molecular flexibility index (Phi) is 5.15. The highest BCUT2D eigenvalue weighted by Gasteiger charge is 2.40. The maximum Gasteiger partial charge on any atom is 0.338 e. The summed E-state index contributed by atoms with van der Waals surface area (Å²) in [6, 6.07) is 2.95. The molecule has 162 valence electrons. The van der Waals surface area contributed by atoms with E-state index in [2.05, 4.69) is 10.6 Å². The minimum atomic E-state index is -1.18. The summed E-state index contributed by atoms with van der Waals surface area (Å²) in [4.78, 5) is 50.2. The predicted octanol–water partition coefficient (Wildman–Crippen LogP) is 1.35. The number of carbonyl (C=O) groups excluding carboxylic acids is 2. The molecule has 2 aromatic rings. The van der Waals surface area contributed by atoms with Crippen molar-refractivity contribution in [3.63, 3.8) is 0 Å². The number of fused-ring (bicyclic) bond motifs is 2. The molecule has 0 bridgehead atoms. The van der Waals surface area contributed by atoms with Crippen LogP contribution in [0.15, 0.2) is 18.2 Å². The number of aromatic carboxylic acids is 1. The molecule has 0 fully saturated rings. The topological polar surface area (TPSA) is 156 Å². The summed E-state index contributed by atoms with van der Waals surface area (Å²) < 4.78 is 0. The summed E-state index contributed by atoms with van der Waals surface area (Å²) in [5, 5.41) is 35.0. The van der Waals surface area contributed by atoms with Crippen LogP contribution in [0.2, 0.25) is 0 Å². The van der Waals surface area contributed by atoms with Crippen molar-refractivity contribution in [1.82, 2.24) is 10.2 Å². The van der Waals surface area contributed by atoms with E-state index in [0.29, 0.717) is 12.1 Å². The maximum atomic E-state index is 12.7. The number of aliphatic carboxylic acids is 1. The highest BCUT2D eigenvalue weighted by Crippen LogP contribution is 2.37. The van der Waals surface area contributed by atoms with Gasteiger partial charge in [0.1, 0.15) is 16.8 Å². The van der Waals surface area contributed by atoms with E-state index in [1.807, 2.05) is 0 Å². The Morgan fingerprint density at radius 2 is 2.03 bits per heavy atom. The average molecular weight is 445 g/mol. The third-order valence-electron chi connectivity index (χ3n) is 5.40. The fraction of sp³-hybridized carbons (Fsp3) is 0.300. The Morgan fingerprint density at radius 3 is 2.68 bits per heavy atom. The molecule has 0 aliphatic carbocycles. The lowest BCUT2D eigenvalue weighted by molar-refractivity contribution is -0.137.